The fourth-order valence-corrected chi connectivity index (χ4v) is 3.10. The number of rotatable bonds is 7. The van der Waals surface area contributed by atoms with Crippen LogP contribution in [0, 0.1) is 12.7 Å². The van der Waals surface area contributed by atoms with E-state index >= 15 is 0 Å². The Kier molecular flexibility index (Phi) is 5.68. The van der Waals surface area contributed by atoms with Crippen molar-refractivity contribution in [2.24, 2.45) is 0 Å². The summed E-state index contributed by atoms with van der Waals surface area (Å²) < 4.78 is 24.4. The van der Waals surface area contributed by atoms with Gasteiger partial charge in [-0.2, -0.15) is 0 Å². The number of hydrogen-bond donors (Lipinski definition) is 0. The van der Waals surface area contributed by atoms with Gasteiger partial charge in [-0.05, 0) is 31.2 Å². The number of furan rings is 1. The van der Waals surface area contributed by atoms with Crippen LogP contribution in [0.1, 0.15) is 11.5 Å². The summed E-state index contributed by atoms with van der Waals surface area (Å²) in [5.74, 6) is 1.23. The number of likely N-dealkylation sites (N-methyl/N-ethyl adjacent to an activating group) is 1. The molecule has 7 heteroatoms. The predicted octanol–water partition coefficient (Wildman–Crippen LogP) is 3.93. The van der Waals surface area contributed by atoms with Gasteiger partial charge in [0, 0.05) is 12.4 Å². The van der Waals surface area contributed by atoms with Crippen LogP contribution in [-0.2, 0) is 11.2 Å². The molecule has 0 aliphatic carbocycles. The quantitative estimate of drug-likeness (QED) is 0.629. The topological polar surface area (TPSA) is 55.6 Å². The van der Waals surface area contributed by atoms with Crippen molar-refractivity contribution < 1.29 is 18.3 Å². The van der Waals surface area contributed by atoms with Crippen LogP contribution < -0.4 is 4.74 Å². The molecule has 0 N–H and O–H groups in total. The molecule has 0 aliphatic heterocycles. The fraction of sp³-hybridized carbons (Fsp3) is 0.263. The average Bonchev–Trinajstić information content (AvgIpc) is 3.25. The van der Waals surface area contributed by atoms with Gasteiger partial charge in [-0.3, -0.25) is 4.79 Å². The summed E-state index contributed by atoms with van der Waals surface area (Å²) in [5.41, 5.74) is 0.700. The molecule has 3 aromatic rings. The molecule has 2 aromatic heterocycles. The first kappa shape index (κ1) is 18.1. The molecule has 0 unspecified atom stereocenters. The third-order valence-corrected chi connectivity index (χ3v) is 4.69. The third-order valence-electron chi connectivity index (χ3n) is 3.78. The second-order valence-corrected chi connectivity index (χ2v) is 6.68. The van der Waals surface area contributed by atoms with Gasteiger partial charge in [0.2, 0.25) is 5.91 Å². The minimum absolute atomic E-state index is 0.0744. The van der Waals surface area contributed by atoms with E-state index in [-0.39, 0.29) is 24.7 Å². The van der Waals surface area contributed by atoms with Crippen molar-refractivity contribution in [1.29, 1.82) is 0 Å². The highest BCUT2D eigenvalue weighted by Crippen LogP contribution is 2.25. The van der Waals surface area contributed by atoms with Gasteiger partial charge in [-0.25, -0.2) is 9.37 Å². The molecule has 1 aromatic carbocycles. The van der Waals surface area contributed by atoms with Crippen LogP contribution in [0.15, 0.2) is 46.2 Å². The van der Waals surface area contributed by atoms with E-state index in [9.17, 15) is 9.18 Å². The zero-order valence-corrected chi connectivity index (χ0v) is 15.4. The van der Waals surface area contributed by atoms with Gasteiger partial charge in [0.1, 0.15) is 12.4 Å². The lowest BCUT2D eigenvalue weighted by atomic mass is 10.3. The Labute approximate surface area is 155 Å². The van der Waals surface area contributed by atoms with Crippen LogP contribution in [0.2, 0.25) is 0 Å². The van der Waals surface area contributed by atoms with Gasteiger partial charge in [0.05, 0.1) is 18.7 Å². The van der Waals surface area contributed by atoms with E-state index in [2.05, 4.69) is 4.98 Å². The molecule has 0 bridgehead atoms. The highest BCUT2D eigenvalue weighted by Gasteiger charge is 2.14. The number of para-hydroxylation sites is 1. The molecule has 0 spiro atoms. The molecule has 0 atom stereocenters. The number of carbonyl (C=O) groups excluding carboxylic acids is 1. The smallest absolute Gasteiger partial charge is 0.228 e. The van der Waals surface area contributed by atoms with Crippen LogP contribution in [0.25, 0.3) is 10.8 Å². The van der Waals surface area contributed by atoms with Crippen LogP contribution in [0.4, 0.5) is 4.39 Å². The van der Waals surface area contributed by atoms with E-state index in [1.807, 2.05) is 24.4 Å². The van der Waals surface area contributed by atoms with Crippen molar-refractivity contribution in [3.05, 3.63) is 59.0 Å². The maximum absolute atomic E-state index is 13.5. The normalized spacial score (nSPS) is 10.7. The van der Waals surface area contributed by atoms with Crippen molar-refractivity contribution in [1.82, 2.24) is 9.88 Å². The maximum Gasteiger partial charge on any atom is 0.228 e. The zero-order valence-electron chi connectivity index (χ0n) is 14.6. The lowest BCUT2D eigenvalue weighted by molar-refractivity contribution is -0.129. The summed E-state index contributed by atoms with van der Waals surface area (Å²) in [5, 5.41) is 2.61. The van der Waals surface area contributed by atoms with Crippen molar-refractivity contribution in [3.8, 4) is 16.5 Å². The van der Waals surface area contributed by atoms with Gasteiger partial charge < -0.3 is 14.1 Å². The highest BCUT2D eigenvalue weighted by atomic mass is 32.1. The number of nitrogens with zero attached hydrogens (tertiary/aromatic N) is 2. The minimum Gasteiger partial charge on any atom is -0.489 e. The summed E-state index contributed by atoms with van der Waals surface area (Å²) in [6.07, 6.45) is 0.201. The maximum atomic E-state index is 13.5. The Hall–Kier alpha value is -2.67. The van der Waals surface area contributed by atoms with E-state index in [0.29, 0.717) is 18.0 Å². The molecule has 136 valence electrons. The minimum atomic E-state index is -0.412. The number of hydrogen-bond acceptors (Lipinski definition) is 5. The standard InChI is InChI=1S/C19H19FN2O3S/c1-13-7-8-17(25-13)19-21-14(12-26-19)11-18(23)22(2)9-10-24-16-6-4-3-5-15(16)20/h3-8,12H,9-11H2,1-2H3. The molecule has 26 heavy (non-hydrogen) atoms. The Morgan fingerprint density at radius 3 is 2.85 bits per heavy atom. The highest BCUT2D eigenvalue weighted by molar-refractivity contribution is 7.13. The Morgan fingerprint density at radius 2 is 2.12 bits per heavy atom. The Bertz CT molecular complexity index is 890. The number of ether oxygens (including phenoxy) is 1. The first-order chi connectivity index (χ1) is 12.5. The number of halogens is 1. The number of aryl methyl sites for hydroxylation is 1. The van der Waals surface area contributed by atoms with E-state index < -0.39 is 5.82 Å². The van der Waals surface area contributed by atoms with Crippen LogP contribution in [0.5, 0.6) is 5.75 Å². The molecule has 5 nitrogen and oxygen atoms in total. The second kappa shape index (κ2) is 8.14. The molecule has 0 saturated heterocycles. The van der Waals surface area contributed by atoms with Crippen molar-refractivity contribution in [2.75, 3.05) is 20.2 Å². The number of benzene rings is 1. The van der Waals surface area contributed by atoms with E-state index in [0.717, 1.165) is 10.8 Å². The summed E-state index contributed by atoms with van der Waals surface area (Å²) in [6.45, 7) is 2.46. The fourth-order valence-electron chi connectivity index (χ4n) is 2.32. The van der Waals surface area contributed by atoms with Crippen LogP contribution in [-0.4, -0.2) is 36.0 Å². The molecule has 0 radical (unpaired) electrons. The van der Waals surface area contributed by atoms with E-state index in [4.69, 9.17) is 9.15 Å². The first-order valence-electron chi connectivity index (χ1n) is 8.15. The molecule has 0 fully saturated rings. The molecule has 0 aliphatic rings. The lowest BCUT2D eigenvalue weighted by Gasteiger charge is -2.17. The predicted molar refractivity (Wildman–Crippen MR) is 97.8 cm³/mol. The lowest BCUT2D eigenvalue weighted by Crippen LogP contribution is -2.32. The largest absolute Gasteiger partial charge is 0.489 e. The zero-order chi connectivity index (χ0) is 18.5. The van der Waals surface area contributed by atoms with Gasteiger partial charge >= 0.3 is 0 Å². The summed E-state index contributed by atoms with van der Waals surface area (Å²) in [4.78, 5) is 18.3. The van der Waals surface area contributed by atoms with Crippen molar-refractivity contribution in [3.63, 3.8) is 0 Å². The molecule has 3 rings (SSSR count). The average molecular weight is 374 g/mol. The summed E-state index contributed by atoms with van der Waals surface area (Å²) in [6, 6.07) is 9.95. The SMILES string of the molecule is Cc1ccc(-c2nc(CC(=O)N(C)CCOc3ccccc3F)cs2)o1. The molecular weight excluding hydrogens is 355 g/mol. The Morgan fingerprint density at radius 1 is 1.31 bits per heavy atom. The number of amides is 1. The monoisotopic (exact) mass is 374 g/mol. The molecule has 0 saturated carbocycles. The molecule has 2 heterocycles. The third kappa shape index (κ3) is 4.49. The van der Waals surface area contributed by atoms with Gasteiger partial charge in [0.25, 0.3) is 0 Å². The van der Waals surface area contributed by atoms with Crippen LogP contribution >= 0.6 is 11.3 Å². The van der Waals surface area contributed by atoms with Gasteiger partial charge in [0.15, 0.2) is 22.3 Å². The van der Waals surface area contributed by atoms with E-state index in [1.54, 1.807) is 30.1 Å². The summed E-state index contributed by atoms with van der Waals surface area (Å²) >= 11 is 1.44. The van der Waals surface area contributed by atoms with Gasteiger partial charge in [-0.15, -0.1) is 11.3 Å². The first-order valence-corrected chi connectivity index (χ1v) is 9.03. The van der Waals surface area contributed by atoms with Crippen molar-refractivity contribution in [2.45, 2.75) is 13.3 Å². The Balaban J connectivity index is 1.50. The van der Waals surface area contributed by atoms with Gasteiger partial charge in [-0.1, -0.05) is 12.1 Å². The van der Waals surface area contributed by atoms with E-state index in [1.165, 1.54) is 17.4 Å². The molecule has 1 amide bonds. The van der Waals surface area contributed by atoms with Crippen LogP contribution in [0.3, 0.4) is 0 Å². The second-order valence-electron chi connectivity index (χ2n) is 5.83. The number of aromatic nitrogens is 1. The number of thiazole rings is 1. The summed E-state index contributed by atoms with van der Waals surface area (Å²) in [7, 11) is 1.69. The van der Waals surface area contributed by atoms with Crippen molar-refractivity contribution >= 4 is 17.2 Å². The molecular formula is C19H19FN2O3S. The number of carbonyl (C=O) groups is 1.